The number of benzene rings is 1. The van der Waals surface area contributed by atoms with Gasteiger partial charge in [-0.15, -0.1) is 0 Å². The summed E-state index contributed by atoms with van der Waals surface area (Å²) in [5.41, 5.74) is 7.99. The minimum Gasteiger partial charge on any atom is -0.461 e. The summed E-state index contributed by atoms with van der Waals surface area (Å²) in [6.07, 6.45) is 1.53. The van der Waals surface area contributed by atoms with E-state index in [4.69, 9.17) is 10.5 Å². The van der Waals surface area contributed by atoms with Gasteiger partial charge in [0, 0.05) is 14.1 Å². The molecule has 0 spiro atoms. The highest BCUT2D eigenvalue weighted by Crippen LogP contribution is 2.26. The highest BCUT2D eigenvalue weighted by molar-refractivity contribution is 5.92. The fourth-order valence-corrected chi connectivity index (χ4v) is 1.95. The molecule has 2 N–H and O–H groups in total. The number of nitrogens with zero attached hydrogens (tertiary/aromatic N) is 3. The van der Waals surface area contributed by atoms with Gasteiger partial charge in [-0.3, -0.25) is 4.57 Å². The highest BCUT2D eigenvalue weighted by atomic mass is 16.5. The molecule has 6 nitrogen and oxygen atoms in total. The van der Waals surface area contributed by atoms with Crippen LogP contribution in [0.4, 0.5) is 11.5 Å². The first-order valence-corrected chi connectivity index (χ1v) is 6.33. The van der Waals surface area contributed by atoms with Crippen molar-refractivity contribution in [3.05, 3.63) is 36.3 Å². The molecule has 106 valence electrons. The van der Waals surface area contributed by atoms with Crippen molar-refractivity contribution < 1.29 is 9.53 Å². The van der Waals surface area contributed by atoms with E-state index in [0.29, 0.717) is 6.61 Å². The molecule has 2 aromatic rings. The van der Waals surface area contributed by atoms with Crippen LogP contribution in [0.1, 0.15) is 17.4 Å². The number of nitrogens with two attached hydrogens (primary N) is 1. The monoisotopic (exact) mass is 274 g/mol. The van der Waals surface area contributed by atoms with Crippen molar-refractivity contribution in [2.75, 3.05) is 31.3 Å². The third-order valence-electron chi connectivity index (χ3n) is 2.90. The van der Waals surface area contributed by atoms with Gasteiger partial charge in [0.05, 0.1) is 18.0 Å². The standard InChI is InChI=1S/C14H18N4O2/c1-4-20-14(19)12-13(15)18(9-16-12)11-8-6-5-7-10(11)17(2)3/h5-9H,4,15H2,1-3H3. The van der Waals surface area contributed by atoms with Crippen LogP contribution in [0.2, 0.25) is 0 Å². The fourth-order valence-electron chi connectivity index (χ4n) is 1.95. The normalized spacial score (nSPS) is 10.3. The zero-order chi connectivity index (χ0) is 14.7. The molecule has 0 fully saturated rings. The number of rotatable bonds is 4. The van der Waals surface area contributed by atoms with E-state index in [0.717, 1.165) is 11.4 Å². The summed E-state index contributed by atoms with van der Waals surface area (Å²) in [5, 5.41) is 0. The summed E-state index contributed by atoms with van der Waals surface area (Å²) in [6.45, 7) is 2.03. The fraction of sp³-hybridized carbons (Fsp3) is 0.286. The summed E-state index contributed by atoms with van der Waals surface area (Å²) in [7, 11) is 3.89. The second kappa shape index (κ2) is 5.64. The average molecular weight is 274 g/mol. The van der Waals surface area contributed by atoms with Crippen molar-refractivity contribution in [1.29, 1.82) is 0 Å². The van der Waals surface area contributed by atoms with Crippen LogP contribution in [0.25, 0.3) is 5.69 Å². The Bertz CT molecular complexity index is 619. The van der Waals surface area contributed by atoms with E-state index in [1.807, 2.05) is 43.3 Å². The first-order valence-electron chi connectivity index (χ1n) is 6.33. The zero-order valence-corrected chi connectivity index (χ0v) is 11.8. The minimum atomic E-state index is -0.508. The molecule has 0 saturated carbocycles. The number of aromatic nitrogens is 2. The van der Waals surface area contributed by atoms with E-state index < -0.39 is 5.97 Å². The summed E-state index contributed by atoms with van der Waals surface area (Å²) in [4.78, 5) is 17.8. The second-order valence-electron chi connectivity index (χ2n) is 4.45. The van der Waals surface area contributed by atoms with E-state index in [-0.39, 0.29) is 11.5 Å². The molecular formula is C14H18N4O2. The summed E-state index contributed by atoms with van der Waals surface area (Å²) < 4.78 is 6.61. The lowest BCUT2D eigenvalue weighted by molar-refractivity contribution is 0.0521. The van der Waals surface area contributed by atoms with Gasteiger partial charge in [0.15, 0.2) is 5.69 Å². The third kappa shape index (κ3) is 2.45. The van der Waals surface area contributed by atoms with Crippen LogP contribution in [-0.4, -0.2) is 36.2 Å². The Hall–Kier alpha value is -2.50. The molecular weight excluding hydrogens is 256 g/mol. The molecule has 0 aliphatic carbocycles. The Labute approximate surface area is 117 Å². The maximum Gasteiger partial charge on any atom is 0.360 e. The number of anilines is 2. The number of hydrogen-bond acceptors (Lipinski definition) is 5. The van der Waals surface area contributed by atoms with Crippen LogP contribution >= 0.6 is 0 Å². The lowest BCUT2D eigenvalue weighted by atomic mass is 10.2. The second-order valence-corrected chi connectivity index (χ2v) is 4.45. The van der Waals surface area contributed by atoms with Crippen molar-refractivity contribution in [3.63, 3.8) is 0 Å². The van der Waals surface area contributed by atoms with Crippen LogP contribution < -0.4 is 10.6 Å². The molecule has 1 heterocycles. The number of carbonyl (C=O) groups is 1. The van der Waals surface area contributed by atoms with Crippen LogP contribution in [0, 0.1) is 0 Å². The van der Waals surface area contributed by atoms with E-state index in [1.165, 1.54) is 6.33 Å². The summed E-state index contributed by atoms with van der Waals surface area (Å²) in [6, 6.07) is 7.74. The third-order valence-corrected chi connectivity index (χ3v) is 2.90. The first-order chi connectivity index (χ1) is 9.56. The number of esters is 1. The van der Waals surface area contributed by atoms with Gasteiger partial charge in [0.1, 0.15) is 12.1 Å². The molecule has 6 heteroatoms. The predicted molar refractivity (Wildman–Crippen MR) is 78.3 cm³/mol. The van der Waals surface area contributed by atoms with Crippen molar-refractivity contribution in [3.8, 4) is 5.69 Å². The van der Waals surface area contributed by atoms with Gasteiger partial charge >= 0.3 is 5.97 Å². The molecule has 0 bridgehead atoms. The van der Waals surface area contributed by atoms with E-state index >= 15 is 0 Å². The van der Waals surface area contributed by atoms with Gasteiger partial charge in [-0.05, 0) is 19.1 Å². The molecule has 0 aliphatic rings. The largest absolute Gasteiger partial charge is 0.461 e. The zero-order valence-electron chi connectivity index (χ0n) is 11.8. The van der Waals surface area contributed by atoms with Gasteiger partial charge in [0.2, 0.25) is 0 Å². The molecule has 0 aliphatic heterocycles. The smallest absolute Gasteiger partial charge is 0.360 e. The molecule has 0 amide bonds. The number of hydrogen-bond donors (Lipinski definition) is 1. The van der Waals surface area contributed by atoms with Gasteiger partial charge in [0.25, 0.3) is 0 Å². The number of para-hydroxylation sites is 2. The number of carbonyl (C=O) groups excluding carboxylic acids is 1. The molecule has 0 saturated heterocycles. The Morgan fingerprint density at radius 1 is 1.40 bits per heavy atom. The Morgan fingerprint density at radius 3 is 2.75 bits per heavy atom. The summed E-state index contributed by atoms with van der Waals surface area (Å²) in [5.74, 6) is -0.233. The Balaban J connectivity index is 2.48. The molecule has 0 unspecified atom stereocenters. The first kappa shape index (κ1) is 13.9. The van der Waals surface area contributed by atoms with E-state index in [9.17, 15) is 4.79 Å². The van der Waals surface area contributed by atoms with Crippen LogP contribution in [0.5, 0.6) is 0 Å². The minimum absolute atomic E-state index is 0.139. The van der Waals surface area contributed by atoms with Gasteiger partial charge in [-0.2, -0.15) is 0 Å². The van der Waals surface area contributed by atoms with Crippen molar-refractivity contribution in [1.82, 2.24) is 9.55 Å². The molecule has 1 aromatic carbocycles. The molecule has 1 aromatic heterocycles. The summed E-state index contributed by atoms with van der Waals surface area (Å²) >= 11 is 0. The lowest BCUT2D eigenvalue weighted by Gasteiger charge is -2.18. The Kier molecular flexibility index (Phi) is 3.93. The molecule has 0 radical (unpaired) electrons. The molecule has 0 atom stereocenters. The Morgan fingerprint density at radius 2 is 2.10 bits per heavy atom. The average Bonchev–Trinajstić information content (AvgIpc) is 2.80. The predicted octanol–water partition coefficient (Wildman–Crippen LogP) is 1.70. The van der Waals surface area contributed by atoms with Crippen LogP contribution in [-0.2, 0) is 4.74 Å². The maximum absolute atomic E-state index is 11.7. The van der Waals surface area contributed by atoms with Gasteiger partial charge < -0.3 is 15.4 Å². The number of nitrogen functional groups attached to an aromatic ring is 1. The topological polar surface area (TPSA) is 73.4 Å². The van der Waals surface area contributed by atoms with Gasteiger partial charge in [-0.1, -0.05) is 12.1 Å². The van der Waals surface area contributed by atoms with E-state index in [1.54, 1.807) is 11.5 Å². The van der Waals surface area contributed by atoms with Gasteiger partial charge in [-0.25, -0.2) is 9.78 Å². The van der Waals surface area contributed by atoms with Crippen LogP contribution in [0.3, 0.4) is 0 Å². The van der Waals surface area contributed by atoms with Crippen molar-refractivity contribution in [2.24, 2.45) is 0 Å². The SMILES string of the molecule is CCOC(=O)c1ncn(-c2ccccc2N(C)C)c1N. The van der Waals surface area contributed by atoms with E-state index in [2.05, 4.69) is 4.98 Å². The number of ether oxygens (including phenoxy) is 1. The lowest BCUT2D eigenvalue weighted by Crippen LogP contribution is -2.13. The molecule has 20 heavy (non-hydrogen) atoms. The van der Waals surface area contributed by atoms with Crippen LogP contribution in [0.15, 0.2) is 30.6 Å². The number of imidazole rings is 1. The maximum atomic E-state index is 11.7. The molecule has 2 rings (SSSR count). The van der Waals surface area contributed by atoms with Crippen molar-refractivity contribution >= 4 is 17.5 Å². The quantitative estimate of drug-likeness (QED) is 0.859. The highest BCUT2D eigenvalue weighted by Gasteiger charge is 2.19. The van der Waals surface area contributed by atoms with Crippen molar-refractivity contribution in [2.45, 2.75) is 6.92 Å².